The van der Waals surface area contributed by atoms with Gasteiger partial charge in [0.05, 0.1) is 26.0 Å². The summed E-state index contributed by atoms with van der Waals surface area (Å²) < 4.78 is 5.23. The Morgan fingerprint density at radius 3 is 2.35 bits per heavy atom. The van der Waals surface area contributed by atoms with Gasteiger partial charge < -0.3 is 4.74 Å². The van der Waals surface area contributed by atoms with E-state index in [-0.39, 0.29) is 18.2 Å². The molecular formula is C20H21N3O3. The molecule has 0 spiro atoms. The number of morpholine rings is 1. The Kier molecular flexibility index (Phi) is 6.24. The SMILES string of the molecule is O=C(CN1CCOCC1)N/N=C\C(=O)c1ccc(-c2ccccc2)cc1. The van der Waals surface area contributed by atoms with E-state index in [1.807, 2.05) is 47.4 Å². The molecule has 26 heavy (non-hydrogen) atoms. The molecule has 6 nitrogen and oxygen atoms in total. The summed E-state index contributed by atoms with van der Waals surface area (Å²) in [7, 11) is 0. The Bertz CT molecular complexity index is 767. The first kappa shape index (κ1) is 18.0. The second kappa shape index (κ2) is 9.03. The molecule has 1 N–H and O–H groups in total. The van der Waals surface area contributed by atoms with Crippen LogP contribution >= 0.6 is 0 Å². The fourth-order valence-electron chi connectivity index (χ4n) is 2.69. The Hall–Kier alpha value is -2.83. The normalized spacial score (nSPS) is 15.1. The number of hydrazone groups is 1. The maximum Gasteiger partial charge on any atom is 0.254 e. The number of nitrogens with zero attached hydrogens (tertiary/aromatic N) is 2. The maximum atomic E-state index is 12.1. The average Bonchev–Trinajstić information content (AvgIpc) is 2.69. The van der Waals surface area contributed by atoms with Gasteiger partial charge in [0.15, 0.2) is 0 Å². The van der Waals surface area contributed by atoms with E-state index in [1.165, 1.54) is 0 Å². The molecule has 6 heteroatoms. The number of rotatable bonds is 6. The Morgan fingerprint density at radius 1 is 1.00 bits per heavy atom. The molecule has 3 rings (SSSR count). The van der Waals surface area contributed by atoms with E-state index in [1.54, 1.807) is 12.1 Å². The summed E-state index contributed by atoms with van der Waals surface area (Å²) >= 11 is 0. The third-order valence-electron chi connectivity index (χ3n) is 4.12. The highest BCUT2D eigenvalue weighted by atomic mass is 16.5. The standard InChI is InChI=1S/C20H21N3O3/c24-19(14-21-22-20(25)15-23-10-12-26-13-11-23)18-8-6-17(7-9-18)16-4-2-1-3-5-16/h1-9,14H,10-13,15H2,(H,22,25)/b21-14-. The first-order chi connectivity index (χ1) is 12.7. The molecule has 0 unspecified atom stereocenters. The summed E-state index contributed by atoms with van der Waals surface area (Å²) in [4.78, 5) is 25.9. The summed E-state index contributed by atoms with van der Waals surface area (Å²) in [5.41, 5.74) is 5.05. The molecule has 1 amide bonds. The third-order valence-corrected chi connectivity index (χ3v) is 4.12. The van der Waals surface area contributed by atoms with Gasteiger partial charge in [-0.2, -0.15) is 5.10 Å². The van der Waals surface area contributed by atoms with Crippen molar-refractivity contribution in [2.24, 2.45) is 5.10 Å². The highest BCUT2D eigenvalue weighted by Crippen LogP contribution is 2.19. The van der Waals surface area contributed by atoms with Gasteiger partial charge in [-0.05, 0) is 11.1 Å². The summed E-state index contributed by atoms with van der Waals surface area (Å²) in [5, 5.41) is 3.76. The molecule has 2 aromatic carbocycles. The molecule has 0 radical (unpaired) electrons. The minimum atomic E-state index is -0.253. The molecular weight excluding hydrogens is 330 g/mol. The smallest absolute Gasteiger partial charge is 0.254 e. The lowest BCUT2D eigenvalue weighted by molar-refractivity contribution is -0.123. The predicted octanol–water partition coefficient (Wildman–Crippen LogP) is 1.97. The number of carbonyl (C=O) groups excluding carboxylic acids is 2. The van der Waals surface area contributed by atoms with Crippen LogP contribution in [0, 0.1) is 0 Å². The number of hydrogen-bond acceptors (Lipinski definition) is 5. The van der Waals surface area contributed by atoms with E-state index >= 15 is 0 Å². The second-order valence-electron chi connectivity index (χ2n) is 5.99. The van der Waals surface area contributed by atoms with E-state index in [2.05, 4.69) is 10.5 Å². The van der Waals surface area contributed by atoms with Crippen LogP contribution < -0.4 is 5.43 Å². The van der Waals surface area contributed by atoms with Gasteiger partial charge in [-0.1, -0.05) is 54.6 Å². The summed E-state index contributed by atoms with van der Waals surface area (Å²) in [5.74, 6) is -0.494. The largest absolute Gasteiger partial charge is 0.379 e. The van der Waals surface area contributed by atoms with Gasteiger partial charge in [0.25, 0.3) is 5.91 Å². The van der Waals surface area contributed by atoms with Gasteiger partial charge in [0.2, 0.25) is 5.78 Å². The molecule has 1 heterocycles. The molecule has 134 valence electrons. The van der Waals surface area contributed by atoms with Crippen molar-refractivity contribution in [1.82, 2.24) is 10.3 Å². The quantitative estimate of drug-likeness (QED) is 0.491. The molecule has 0 atom stereocenters. The Balaban J connectivity index is 1.51. The average molecular weight is 351 g/mol. The molecule has 0 aliphatic carbocycles. The van der Waals surface area contributed by atoms with Crippen molar-refractivity contribution in [3.05, 3.63) is 60.2 Å². The number of benzene rings is 2. The lowest BCUT2D eigenvalue weighted by Gasteiger charge is -2.25. The van der Waals surface area contributed by atoms with Crippen molar-refractivity contribution in [2.45, 2.75) is 0 Å². The topological polar surface area (TPSA) is 71.0 Å². The van der Waals surface area contributed by atoms with Crippen molar-refractivity contribution in [2.75, 3.05) is 32.8 Å². The third kappa shape index (κ3) is 5.08. The highest BCUT2D eigenvalue weighted by molar-refractivity contribution is 6.35. The first-order valence-corrected chi connectivity index (χ1v) is 8.54. The van der Waals surface area contributed by atoms with E-state index < -0.39 is 0 Å². The van der Waals surface area contributed by atoms with Crippen molar-refractivity contribution >= 4 is 17.9 Å². The minimum Gasteiger partial charge on any atom is -0.379 e. The van der Waals surface area contributed by atoms with Crippen LogP contribution in [0.25, 0.3) is 11.1 Å². The van der Waals surface area contributed by atoms with Crippen LogP contribution in [0.5, 0.6) is 0 Å². The molecule has 2 aromatic rings. The molecule has 1 aliphatic rings. The van der Waals surface area contributed by atoms with Crippen molar-refractivity contribution < 1.29 is 14.3 Å². The fraction of sp³-hybridized carbons (Fsp3) is 0.250. The van der Waals surface area contributed by atoms with Gasteiger partial charge in [0.1, 0.15) is 0 Å². The molecule has 0 saturated carbocycles. The van der Waals surface area contributed by atoms with Gasteiger partial charge in [-0.3, -0.25) is 14.5 Å². The second-order valence-corrected chi connectivity index (χ2v) is 5.99. The Morgan fingerprint density at radius 2 is 1.65 bits per heavy atom. The number of ether oxygens (including phenoxy) is 1. The number of amides is 1. The van der Waals surface area contributed by atoms with E-state index in [0.717, 1.165) is 30.4 Å². The zero-order chi connectivity index (χ0) is 18.2. The molecule has 0 aromatic heterocycles. The van der Waals surface area contributed by atoms with Crippen LogP contribution in [-0.2, 0) is 9.53 Å². The predicted molar refractivity (Wildman–Crippen MR) is 100 cm³/mol. The maximum absolute atomic E-state index is 12.1. The zero-order valence-electron chi connectivity index (χ0n) is 14.4. The van der Waals surface area contributed by atoms with Gasteiger partial charge in [0, 0.05) is 18.7 Å². The lowest BCUT2D eigenvalue weighted by atomic mass is 10.0. The van der Waals surface area contributed by atoms with Gasteiger partial charge in [-0.15, -0.1) is 0 Å². The Labute approximate surface area is 152 Å². The summed E-state index contributed by atoms with van der Waals surface area (Å²) in [6.07, 6.45) is 1.13. The number of ketones is 1. The van der Waals surface area contributed by atoms with Crippen molar-refractivity contribution in [1.29, 1.82) is 0 Å². The summed E-state index contributed by atoms with van der Waals surface area (Å²) in [6, 6.07) is 17.2. The monoisotopic (exact) mass is 351 g/mol. The lowest BCUT2D eigenvalue weighted by Crippen LogP contribution is -2.42. The van der Waals surface area contributed by atoms with Crippen molar-refractivity contribution in [3.63, 3.8) is 0 Å². The minimum absolute atomic E-state index is 0.240. The zero-order valence-corrected chi connectivity index (χ0v) is 14.4. The summed E-state index contributed by atoms with van der Waals surface area (Å²) in [6.45, 7) is 2.97. The molecule has 0 bridgehead atoms. The van der Waals surface area contributed by atoms with Crippen LogP contribution in [0.15, 0.2) is 59.7 Å². The van der Waals surface area contributed by atoms with Crippen LogP contribution in [0.3, 0.4) is 0 Å². The fourth-order valence-corrected chi connectivity index (χ4v) is 2.69. The highest BCUT2D eigenvalue weighted by Gasteiger charge is 2.13. The van der Waals surface area contributed by atoms with E-state index in [9.17, 15) is 9.59 Å². The van der Waals surface area contributed by atoms with Crippen LogP contribution in [0.2, 0.25) is 0 Å². The molecule has 1 aliphatic heterocycles. The van der Waals surface area contributed by atoms with Crippen LogP contribution in [-0.4, -0.2) is 55.7 Å². The molecule has 1 fully saturated rings. The van der Waals surface area contributed by atoms with Gasteiger partial charge in [-0.25, -0.2) is 5.43 Å². The number of carbonyl (C=O) groups is 2. The van der Waals surface area contributed by atoms with Gasteiger partial charge >= 0.3 is 0 Å². The molecule has 1 saturated heterocycles. The van der Waals surface area contributed by atoms with E-state index in [4.69, 9.17) is 4.74 Å². The van der Waals surface area contributed by atoms with Crippen LogP contribution in [0.4, 0.5) is 0 Å². The van der Waals surface area contributed by atoms with Crippen molar-refractivity contribution in [3.8, 4) is 11.1 Å². The number of nitrogens with one attached hydrogen (secondary N) is 1. The number of hydrogen-bond donors (Lipinski definition) is 1. The first-order valence-electron chi connectivity index (χ1n) is 8.54. The van der Waals surface area contributed by atoms with E-state index in [0.29, 0.717) is 18.8 Å². The number of Topliss-reactive ketones (excluding diaryl/α,β-unsaturated/α-hetero) is 1. The van der Waals surface area contributed by atoms with Crippen LogP contribution in [0.1, 0.15) is 10.4 Å².